The molecule has 0 fully saturated rings. The van der Waals surface area contributed by atoms with Crippen LogP contribution < -0.4 is 10.5 Å². The Hall–Kier alpha value is -1.27. The van der Waals surface area contributed by atoms with Gasteiger partial charge in [-0.2, -0.15) is 0 Å². The lowest BCUT2D eigenvalue weighted by Crippen LogP contribution is -2.22. The van der Waals surface area contributed by atoms with Crippen LogP contribution in [0.1, 0.15) is 11.6 Å². The van der Waals surface area contributed by atoms with Crippen LogP contribution in [-0.2, 0) is 4.74 Å². The SMILES string of the molecule is COCC(N)c1ccccc1OC(F)(F)F. The Kier molecular flexibility index (Phi) is 4.14. The van der Waals surface area contributed by atoms with Crippen LogP contribution in [0.2, 0.25) is 0 Å². The summed E-state index contributed by atoms with van der Waals surface area (Å²) in [6.45, 7) is 0.123. The van der Waals surface area contributed by atoms with Gasteiger partial charge in [0.1, 0.15) is 5.75 Å². The molecule has 3 nitrogen and oxygen atoms in total. The average Bonchev–Trinajstić information content (AvgIpc) is 2.16. The average molecular weight is 235 g/mol. The van der Waals surface area contributed by atoms with Crippen molar-refractivity contribution in [3.05, 3.63) is 29.8 Å². The van der Waals surface area contributed by atoms with Gasteiger partial charge in [0.15, 0.2) is 0 Å². The molecule has 90 valence electrons. The van der Waals surface area contributed by atoms with Crippen molar-refractivity contribution in [1.82, 2.24) is 0 Å². The Bertz CT molecular complexity index is 341. The molecule has 1 aromatic carbocycles. The van der Waals surface area contributed by atoms with Gasteiger partial charge in [-0.25, -0.2) is 0 Å². The number of benzene rings is 1. The van der Waals surface area contributed by atoms with E-state index in [-0.39, 0.29) is 17.9 Å². The molecule has 1 aromatic rings. The lowest BCUT2D eigenvalue weighted by atomic mass is 10.1. The molecule has 0 radical (unpaired) electrons. The number of ether oxygens (including phenoxy) is 2. The van der Waals surface area contributed by atoms with E-state index in [1.807, 2.05) is 0 Å². The number of para-hydroxylation sites is 1. The van der Waals surface area contributed by atoms with E-state index in [1.54, 1.807) is 6.07 Å². The first-order chi connectivity index (χ1) is 7.44. The fraction of sp³-hybridized carbons (Fsp3) is 0.400. The molecule has 1 atom stereocenters. The van der Waals surface area contributed by atoms with Gasteiger partial charge in [0.2, 0.25) is 0 Å². The maximum atomic E-state index is 12.1. The zero-order valence-electron chi connectivity index (χ0n) is 8.62. The second-order valence-electron chi connectivity index (χ2n) is 3.15. The molecule has 0 saturated heterocycles. The van der Waals surface area contributed by atoms with Crippen molar-refractivity contribution in [3.63, 3.8) is 0 Å². The van der Waals surface area contributed by atoms with Gasteiger partial charge in [0.05, 0.1) is 12.6 Å². The predicted molar refractivity (Wildman–Crippen MR) is 51.9 cm³/mol. The van der Waals surface area contributed by atoms with Crippen molar-refractivity contribution < 1.29 is 22.6 Å². The largest absolute Gasteiger partial charge is 0.573 e. The molecule has 0 amide bonds. The molecule has 0 aliphatic carbocycles. The van der Waals surface area contributed by atoms with Gasteiger partial charge < -0.3 is 15.2 Å². The minimum atomic E-state index is -4.72. The zero-order valence-corrected chi connectivity index (χ0v) is 8.62. The molecule has 0 spiro atoms. The minimum Gasteiger partial charge on any atom is -0.405 e. The third kappa shape index (κ3) is 3.71. The second-order valence-corrected chi connectivity index (χ2v) is 3.15. The molecule has 2 N–H and O–H groups in total. The van der Waals surface area contributed by atoms with E-state index in [2.05, 4.69) is 4.74 Å². The van der Waals surface area contributed by atoms with Gasteiger partial charge in [-0.1, -0.05) is 18.2 Å². The number of halogens is 3. The van der Waals surface area contributed by atoms with Crippen LogP contribution in [0, 0.1) is 0 Å². The topological polar surface area (TPSA) is 44.5 Å². The van der Waals surface area contributed by atoms with Gasteiger partial charge in [0.25, 0.3) is 0 Å². The van der Waals surface area contributed by atoms with Gasteiger partial charge in [-0.15, -0.1) is 13.2 Å². The standard InChI is InChI=1S/C10H12F3NO2/c1-15-6-8(14)7-4-2-3-5-9(7)16-10(11,12)13/h2-5,8H,6,14H2,1H3. The van der Waals surface area contributed by atoms with E-state index < -0.39 is 12.4 Å². The van der Waals surface area contributed by atoms with Crippen molar-refractivity contribution in [1.29, 1.82) is 0 Å². The highest BCUT2D eigenvalue weighted by atomic mass is 19.4. The van der Waals surface area contributed by atoms with Crippen LogP contribution in [0.5, 0.6) is 5.75 Å². The molecule has 0 bridgehead atoms. The number of alkyl halides is 3. The van der Waals surface area contributed by atoms with E-state index in [1.165, 1.54) is 25.3 Å². The van der Waals surface area contributed by atoms with E-state index >= 15 is 0 Å². The van der Waals surface area contributed by atoms with Crippen LogP contribution >= 0.6 is 0 Å². The Morgan fingerprint density at radius 2 is 1.94 bits per heavy atom. The number of rotatable bonds is 4. The van der Waals surface area contributed by atoms with Gasteiger partial charge in [-0.3, -0.25) is 0 Å². The molecule has 0 heterocycles. The quantitative estimate of drug-likeness (QED) is 0.870. The Balaban J connectivity index is 2.91. The molecular formula is C10H12F3NO2. The number of nitrogens with two attached hydrogens (primary N) is 1. The highest BCUT2D eigenvalue weighted by Crippen LogP contribution is 2.29. The minimum absolute atomic E-state index is 0.123. The van der Waals surface area contributed by atoms with Gasteiger partial charge >= 0.3 is 6.36 Å². The molecule has 0 saturated carbocycles. The summed E-state index contributed by atoms with van der Waals surface area (Å²) in [6.07, 6.45) is -4.72. The molecule has 0 aliphatic heterocycles. The van der Waals surface area contributed by atoms with Gasteiger partial charge in [-0.05, 0) is 6.07 Å². The first-order valence-electron chi connectivity index (χ1n) is 4.53. The first-order valence-corrected chi connectivity index (χ1v) is 4.53. The summed E-state index contributed by atoms with van der Waals surface area (Å²) < 4.78 is 44.9. The third-order valence-electron chi connectivity index (χ3n) is 1.89. The monoisotopic (exact) mass is 235 g/mol. The molecule has 6 heteroatoms. The van der Waals surface area contributed by atoms with Crippen molar-refractivity contribution in [3.8, 4) is 5.75 Å². The lowest BCUT2D eigenvalue weighted by Gasteiger charge is -2.17. The number of hydrogen-bond acceptors (Lipinski definition) is 3. The third-order valence-corrected chi connectivity index (χ3v) is 1.89. The smallest absolute Gasteiger partial charge is 0.405 e. The van der Waals surface area contributed by atoms with E-state index in [4.69, 9.17) is 10.5 Å². The predicted octanol–water partition coefficient (Wildman–Crippen LogP) is 2.23. The summed E-state index contributed by atoms with van der Waals surface area (Å²) in [7, 11) is 1.42. The fourth-order valence-electron chi connectivity index (χ4n) is 1.27. The van der Waals surface area contributed by atoms with Crippen molar-refractivity contribution in [2.75, 3.05) is 13.7 Å². The fourth-order valence-corrected chi connectivity index (χ4v) is 1.27. The summed E-state index contributed by atoms with van der Waals surface area (Å²) >= 11 is 0. The molecular weight excluding hydrogens is 223 g/mol. The van der Waals surface area contributed by atoms with Crippen LogP contribution in [0.15, 0.2) is 24.3 Å². The van der Waals surface area contributed by atoms with Gasteiger partial charge in [0, 0.05) is 12.7 Å². The van der Waals surface area contributed by atoms with Crippen molar-refractivity contribution >= 4 is 0 Å². The highest BCUT2D eigenvalue weighted by molar-refractivity contribution is 5.35. The Morgan fingerprint density at radius 1 is 1.31 bits per heavy atom. The normalized spacial score (nSPS) is 13.6. The Morgan fingerprint density at radius 3 is 2.50 bits per heavy atom. The van der Waals surface area contributed by atoms with Crippen LogP contribution in [-0.4, -0.2) is 20.1 Å². The maximum absolute atomic E-state index is 12.1. The summed E-state index contributed by atoms with van der Waals surface area (Å²) in [5, 5.41) is 0. The van der Waals surface area contributed by atoms with E-state index in [0.717, 1.165) is 0 Å². The highest BCUT2D eigenvalue weighted by Gasteiger charge is 2.32. The Labute approximate surface area is 91.0 Å². The van der Waals surface area contributed by atoms with E-state index in [9.17, 15) is 13.2 Å². The van der Waals surface area contributed by atoms with Crippen LogP contribution in [0.3, 0.4) is 0 Å². The summed E-state index contributed by atoms with van der Waals surface area (Å²) in [5.41, 5.74) is 5.92. The van der Waals surface area contributed by atoms with Crippen molar-refractivity contribution in [2.24, 2.45) is 5.73 Å². The van der Waals surface area contributed by atoms with E-state index in [0.29, 0.717) is 0 Å². The molecule has 1 unspecified atom stereocenters. The second kappa shape index (κ2) is 5.18. The maximum Gasteiger partial charge on any atom is 0.573 e. The molecule has 16 heavy (non-hydrogen) atoms. The van der Waals surface area contributed by atoms with Crippen molar-refractivity contribution in [2.45, 2.75) is 12.4 Å². The zero-order chi connectivity index (χ0) is 12.2. The molecule has 1 rings (SSSR count). The summed E-state index contributed by atoms with van der Waals surface area (Å²) in [4.78, 5) is 0. The number of hydrogen-bond donors (Lipinski definition) is 1. The summed E-state index contributed by atoms with van der Waals surface area (Å²) in [5.74, 6) is -0.292. The summed E-state index contributed by atoms with van der Waals surface area (Å²) in [6, 6.07) is 5.09. The van der Waals surface area contributed by atoms with Crippen LogP contribution in [0.25, 0.3) is 0 Å². The number of methoxy groups -OCH3 is 1. The lowest BCUT2D eigenvalue weighted by molar-refractivity contribution is -0.275. The first kappa shape index (κ1) is 12.8. The molecule has 0 aliphatic rings. The van der Waals surface area contributed by atoms with Crippen LogP contribution in [0.4, 0.5) is 13.2 Å². The molecule has 0 aromatic heterocycles.